The molecule has 0 aliphatic heterocycles. The molecule has 1 aliphatic carbocycles. The van der Waals surface area contributed by atoms with E-state index in [1.807, 2.05) is 0 Å². The first-order valence-electron chi connectivity index (χ1n) is 9.05. The quantitative estimate of drug-likeness (QED) is 0.776. The number of carbonyl (C=O) groups is 1. The fourth-order valence-electron chi connectivity index (χ4n) is 3.56. The number of rotatable bonds is 8. The molecule has 134 valence electrons. The molecule has 1 atom stereocenters. The van der Waals surface area contributed by atoms with Crippen molar-refractivity contribution in [2.75, 3.05) is 0 Å². The molecular weight excluding hydrogens is 320 g/mol. The van der Waals surface area contributed by atoms with Crippen molar-refractivity contribution >= 4 is 5.97 Å². The zero-order valence-electron chi connectivity index (χ0n) is 14.3. The molecule has 0 amide bonds. The van der Waals surface area contributed by atoms with Crippen LogP contribution in [-0.4, -0.2) is 31.2 Å². The van der Waals surface area contributed by atoms with Gasteiger partial charge in [-0.25, -0.2) is 9.97 Å². The third-order valence-corrected chi connectivity index (χ3v) is 4.87. The number of aromatic nitrogens is 4. The highest BCUT2D eigenvalue weighted by atomic mass is 16.5. The van der Waals surface area contributed by atoms with Crippen LogP contribution in [-0.2, 0) is 4.79 Å². The van der Waals surface area contributed by atoms with Crippen LogP contribution in [0.5, 0.6) is 0 Å². The predicted molar refractivity (Wildman–Crippen MR) is 90.7 cm³/mol. The van der Waals surface area contributed by atoms with Gasteiger partial charge in [0.05, 0.1) is 6.42 Å². The number of nitrogens with zero attached hydrogens (tertiary/aromatic N) is 4. The summed E-state index contributed by atoms with van der Waals surface area (Å²) in [5.74, 6) is 0.736. The maximum Gasteiger partial charge on any atom is 0.304 e. The molecule has 2 aromatic heterocycles. The van der Waals surface area contributed by atoms with Crippen LogP contribution in [0.3, 0.4) is 0 Å². The van der Waals surface area contributed by atoms with Gasteiger partial charge in [-0.1, -0.05) is 50.1 Å². The molecular formula is C18H24N4O3. The number of hydrogen-bond donors (Lipinski definition) is 1. The first-order valence-corrected chi connectivity index (χ1v) is 9.05. The van der Waals surface area contributed by atoms with E-state index in [-0.39, 0.29) is 12.3 Å². The molecule has 1 saturated carbocycles. The summed E-state index contributed by atoms with van der Waals surface area (Å²) in [6, 6.07) is 1.71. The summed E-state index contributed by atoms with van der Waals surface area (Å²) in [5.41, 5.74) is 0. The summed E-state index contributed by atoms with van der Waals surface area (Å²) < 4.78 is 5.32. The molecule has 0 aromatic carbocycles. The second kappa shape index (κ2) is 8.69. The van der Waals surface area contributed by atoms with Crippen molar-refractivity contribution in [3.63, 3.8) is 0 Å². The van der Waals surface area contributed by atoms with Gasteiger partial charge in [-0.3, -0.25) is 4.79 Å². The van der Waals surface area contributed by atoms with Crippen molar-refractivity contribution < 1.29 is 14.4 Å². The summed E-state index contributed by atoms with van der Waals surface area (Å²) >= 11 is 0. The molecule has 1 aliphatic rings. The topological polar surface area (TPSA) is 102 Å². The maximum absolute atomic E-state index is 11.2. The van der Waals surface area contributed by atoms with Gasteiger partial charge in [0.25, 0.3) is 0 Å². The zero-order chi connectivity index (χ0) is 17.5. The molecule has 0 unspecified atom stereocenters. The van der Waals surface area contributed by atoms with Crippen molar-refractivity contribution in [3.05, 3.63) is 24.4 Å². The van der Waals surface area contributed by atoms with Crippen molar-refractivity contribution in [3.8, 4) is 11.6 Å². The Balaban J connectivity index is 1.62. The molecule has 7 nitrogen and oxygen atoms in total. The molecule has 2 aromatic rings. The first-order chi connectivity index (χ1) is 12.2. The minimum Gasteiger partial charge on any atom is -0.481 e. The minimum atomic E-state index is -0.849. The summed E-state index contributed by atoms with van der Waals surface area (Å²) in [4.78, 5) is 23.7. The summed E-state index contributed by atoms with van der Waals surface area (Å²) in [6.07, 6.45) is 12.7. The van der Waals surface area contributed by atoms with Crippen LogP contribution in [0.2, 0.25) is 0 Å². The van der Waals surface area contributed by atoms with Gasteiger partial charge in [-0.05, 0) is 18.4 Å². The van der Waals surface area contributed by atoms with E-state index >= 15 is 0 Å². The Morgan fingerprint density at radius 2 is 1.96 bits per heavy atom. The summed E-state index contributed by atoms with van der Waals surface area (Å²) in [6.45, 7) is 0. The highest BCUT2D eigenvalue weighted by Gasteiger charge is 2.24. The van der Waals surface area contributed by atoms with Gasteiger partial charge >= 0.3 is 5.97 Å². The summed E-state index contributed by atoms with van der Waals surface area (Å²) in [5, 5.41) is 13.1. The number of aliphatic carboxylic acids is 1. The standard InChI is InChI=1S/C18H24N4O3/c23-15(24)12-14(9-4-8-13-6-2-1-3-7-13)18-21-17(22-25-18)16-19-10-5-11-20-16/h5,10-11,13-14H,1-4,6-9,12H2,(H,23,24)/t14-/m1/s1. The monoisotopic (exact) mass is 344 g/mol. The molecule has 0 bridgehead atoms. The fourth-order valence-corrected chi connectivity index (χ4v) is 3.56. The van der Waals surface area contributed by atoms with E-state index in [2.05, 4.69) is 20.1 Å². The average molecular weight is 344 g/mol. The van der Waals surface area contributed by atoms with Gasteiger partial charge in [0.15, 0.2) is 0 Å². The lowest BCUT2D eigenvalue weighted by Crippen LogP contribution is -2.10. The van der Waals surface area contributed by atoms with E-state index < -0.39 is 5.97 Å². The molecule has 25 heavy (non-hydrogen) atoms. The third kappa shape index (κ3) is 5.08. The lowest BCUT2D eigenvalue weighted by molar-refractivity contribution is -0.137. The molecule has 1 fully saturated rings. The van der Waals surface area contributed by atoms with E-state index in [1.165, 1.54) is 32.1 Å². The Hall–Kier alpha value is -2.31. The van der Waals surface area contributed by atoms with Crippen LogP contribution in [0.4, 0.5) is 0 Å². The normalized spacial score (nSPS) is 16.6. The highest BCUT2D eigenvalue weighted by molar-refractivity contribution is 5.67. The molecule has 0 radical (unpaired) electrons. The second-order valence-electron chi connectivity index (χ2n) is 6.76. The second-order valence-corrected chi connectivity index (χ2v) is 6.76. The fraction of sp³-hybridized carbons (Fsp3) is 0.611. The lowest BCUT2D eigenvalue weighted by Gasteiger charge is -2.21. The van der Waals surface area contributed by atoms with Gasteiger partial charge in [-0.2, -0.15) is 4.98 Å². The Kier molecular flexibility index (Phi) is 6.09. The minimum absolute atomic E-state index is 0.00193. The first kappa shape index (κ1) is 17.5. The Morgan fingerprint density at radius 3 is 2.68 bits per heavy atom. The summed E-state index contributed by atoms with van der Waals surface area (Å²) in [7, 11) is 0. The molecule has 0 spiro atoms. The van der Waals surface area contributed by atoms with Crippen molar-refractivity contribution in [1.82, 2.24) is 20.1 Å². The van der Waals surface area contributed by atoms with Crippen molar-refractivity contribution in [2.24, 2.45) is 5.92 Å². The van der Waals surface area contributed by atoms with E-state index in [1.54, 1.807) is 18.5 Å². The van der Waals surface area contributed by atoms with E-state index in [0.29, 0.717) is 17.5 Å². The number of carboxylic acid groups (broad SMARTS) is 1. The van der Waals surface area contributed by atoms with Gasteiger partial charge in [0, 0.05) is 18.3 Å². The molecule has 7 heteroatoms. The molecule has 3 rings (SSSR count). The predicted octanol–water partition coefficient (Wildman–Crippen LogP) is 3.84. The van der Waals surface area contributed by atoms with Crippen LogP contribution >= 0.6 is 0 Å². The van der Waals surface area contributed by atoms with Gasteiger partial charge in [-0.15, -0.1) is 0 Å². The lowest BCUT2D eigenvalue weighted by atomic mass is 9.84. The van der Waals surface area contributed by atoms with E-state index in [0.717, 1.165) is 25.2 Å². The Bertz CT molecular complexity index is 668. The molecule has 1 N–H and O–H groups in total. The van der Waals surface area contributed by atoms with Gasteiger partial charge in [0.1, 0.15) is 0 Å². The Morgan fingerprint density at radius 1 is 1.20 bits per heavy atom. The van der Waals surface area contributed by atoms with Gasteiger partial charge < -0.3 is 9.63 Å². The van der Waals surface area contributed by atoms with Crippen molar-refractivity contribution in [2.45, 2.75) is 63.7 Å². The van der Waals surface area contributed by atoms with E-state index in [4.69, 9.17) is 4.52 Å². The Labute approximate surface area is 146 Å². The molecule has 0 saturated heterocycles. The van der Waals surface area contributed by atoms with Crippen molar-refractivity contribution in [1.29, 1.82) is 0 Å². The SMILES string of the molecule is O=C(O)C[C@@H](CCCC1CCCCC1)c1nc(-c2ncccn2)no1. The van der Waals surface area contributed by atoms with E-state index in [9.17, 15) is 9.90 Å². The smallest absolute Gasteiger partial charge is 0.304 e. The third-order valence-electron chi connectivity index (χ3n) is 4.87. The zero-order valence-corrected chi connectivity index (χ0v) is 14.3. The average Bonchev–Trinajstić information content (AvgIpc) is 3.12. The van der Waals surface area contributed by atoms with Crippen LogP contribution in [0, 0.1) is 5.92 Å². The maximum atomic E-state index is 11.2. The highest BCUT2D eigenvalue weighted by Crippen LogP contribution is 2.31. The van der Waals surface area contributed by atoms with Crippen LogP contribution < -0.4 is 0 Å². The van der Waals surface area contributed by atoms with Crippen LogP contribution in [0.1, 0.15) is 69.6 Å². The number of hydrogen-bond acceptors (Lipinski definition) is 6. The number of carboxylic acids is 1. The largest absolute Gasteiger partial charge is 0.481 e. The van der Waals surface area contributed by atoms with Crippen LogP contribution in [0.25, 0.3) is 11.6 Å². The van der Waals surface area contributed by atoms with Gasteiger partial charge in [0.2, 0.25) is 17.5 Å². The molecule has 2 heterocycles. The van der Waals surface area contributed by atoms with Crippen LogP contribution in [0.15, 0.2) is 23.0 Å².